The SMILES string of the molecule is CCOc1cc(CNc2ccc(C)c(C)c2)cc(Br)c1OCc1ccc(Cl)c(Cl)c1. The maximum atomic E-state index is 6.10. The molecule has 0 unspecified atom stereocenters. The van der Waals surface area contributed by atoms with E-state index in [2.05, 4.69) is 53.3 Å². The molecule has 0 aliphatic rings. The zero-order chi connectivity index (χ0) is 21.7. The molecule has 0 heterocycles. The molecule has 30 heavy (non-hydrogen) atoms. The van der Waals surface area contributed by atoms with Crippen molar-refractivity contribution in [3.05, 3.63) is 85.3 Å². The Kier molecular flexibility index (Phi) is 7.93. The zero-order valence-electron chi connectivity index (χ0n) is 17.2. The van der Waals surface area contributed by atoms with Gasteiger partial charge in [-0.3, -0.25) is 0 Å². The third-order valence-electron chi connectivity index (χ3n) is 4.74. The Morgan fingerprint density at radius 2 is 1.67 bits per heavy atom. The summed E-state index contributed by atoms with van der Waals surface area (Å²) in [5, 5.41) is 4.50. The molecule has 0 spiro atoms. The lowest BCUT2D eigenvalue weighted by atomic mass is 10.1. The van der Waals surface area contributed by atoms with Gasteiger partial charge in [-0.05, 0) is 95.4 Å². The molecule has 0 radical (unpaired) electrons. The molecule has 0 bridgehead atoms. The Morgan fingerprint density at radius 3 is 2.37 bits per heavy atom. The van der Waals surface area contributed by atoms with Crippen molar-refractivity contribution in [2.75, 3.05) is 11.9 Å². The molecule has 0 aromatic heterocycles. The topological polar surface area (TPSA) is 30.5 Å². The van der Waals surface area contributed by atoms with Crippen LogP contribution in [0.5, 0.6) is 11.5 Å². The van der Waals surface area contributed by atoms with Crippen LogP contribution < -0.4 is 14.8 Å². The normalized spacial score (nSPS) is 10.7. The lowest BCUT2D eigenvalue weighted by Gasteiger charge is -2.16. The first-order valence-electron chi connectivity index (χ1n) is 9.70. The Bertz CT molecular complexity index is 1040. The first kappa shape index (κ1) is 22.8. The highest BCUT2D eigenvalue weighted by molar-refractivity contribution is 9.10. The van der Waals surface area contributed by atoms with E-state index in [1.807, 2.05) is 25.1 Å². The molecule has 0 aliphatic heterocycles. The van der Waals surface area contributed by atoms with E-state index >= 15 is 0 Å². The van der Waals surface area contributed by atoms with Gasteiger partial charge in [-0.2, -0.15) is 0 Å². The van der Waals surface area contributed by atoms with Gasteiger partial charge in [0.25, 0.3) is 0 Å². The number of aryl methyl sites for hydroxylation is 2. The molecule has 3 aromatic rings. The highest BCUT2D eigenvalue weighted by atomic mass is 79.9. The second-order valence-corrected chi connectivity index (χ2v) is 8.70. The fraction of sp³-hybridized carbons (Fsp3) is 0.250. The van der Waals surface area contributed by atoms with Crippen LogP contribution in [0.15, 0.2) is 53.0 Å². The predicted octanol–water partition coefficient (Wildman–Crippen LogP) is 7.96. The molecule has 0 atom stereocenters. The molecule has 0 aliphatic carbocycles. The average Bonchev–Trinajstić information content (AvgIpc) is 2.71. The molecule has 0 saturated carbocycles. The van der Waals surface area contributed by atoms with Crippen LogP contribution in [-0.4, -0.2) is 6.61 Å². The van der Waals surface area contributed by atoms with Gasteiger partial charge in [0.2, 0.25) is 0 Å². The third-order valence-corrected chi connectivity index (χ3v) is 6.07. The molecule has 3 aromatic carbocycles. The second-order valence-electron chi connectivity index (χ2n) is 7.03. The molecule has 0 amide bonds. The van der Waals surface area contributed by atoms with Gasteiger partial charge >= 0.3 is 0 Å². The van der Waals surface area contributed by atoms with Crippen molar-refractivity contribution in [1.29, 1.82) is 0 Å². The Hall–Kier alpha value is -1.88. The van der Waals surface area contributed by atoms with Crippen LogP contribution in [0.1, 0.15) is 29.2 Å². The summed E-state index contributed by atoms with van der Waals surface area (Å²) in [5.74, 6) is 1.36. The van der Waals surface area contributed by atoms with Gasteiger partial charge in [-0.25, -0.2) is 0 Å². The van der Waals surface area contributed by atoms with E-state index in [0.717, 1.165) is 21.3 Å². The van der Waals surface area contributed by atoms with E-state index in [-0.39, 0.29) is 0 Å². The molecule has 0 fully saturated rings. The van der Waals surface area contributed by atoms with E-state index in [9.17, 15) is 0 Å². The Labute approximate surface area is 196 Å². The monoisotopic (exact) mass is 507 g/mol. The highest BCUT2D eigenvalue weighted by Crippen LogP contribution is 2.38. The van der Waals surface area contributed by atoms with Gasteiger partial charge < -0.3 is 14.8 Å². The average molecular weight is 509 g/mol. The fourth-order valence-electron chi connectivity index (χ4n) is 2.97. The van der Waals surface area contributed by atoms with Crippen LogP contribution >= 0.6 is 39.1 Å². The summed E-state index contributed by atoms with van der Waals surface area (Å²) in [4.78, 5) is 0. The van der Waals surface area contributed by atoms with E-state index in [1.165, 1.54) is 11.1 Å². The second kappa shape index (κ2) is 10.4. The van der Waals surface area contributed by atoms with Crippen LogP contribution in [0.2, 0.25) is 10.0 Å². The van der Waals surface area contributed by atoms with Crippen molar-refractivity contribution in [1.82, 2.24) is 0 Å². The molecular weight excluding hydrogens is 485 g/mol. The summed E-state index contributed by atoms with van der Waals surface area (Å²) >= 11 is 15.7. The van der Waals surface area contributed by atoms with Gasteiger partial charge in [0.1, 0.15) is 6.61 Å². The van der Waals surface area contributed by atoms with Gasteiger partial charge in [-0.15, -0.1) is 0 Å². The number of halogens is 3. The Balaban J connectivity index is 1.75. The van der Waals surface area contributed by atoms with Gasteiger partial charge in [-0.1, -0.05) is 35.3 Å². The summed E-state index contributed by atoms with van der Waals surface area (Å²) < 4.78 is 12.7. The third kappa shape index (κ3) is 5.84. The number of anilines is 1. The summed E-state index contributed by atoms with van der Waals surface area (Å²) in [6.45, 7) is 7.76. The minimum absolute atomic E-state index is 0.357. The van der Waals surface area contributed by atoms with E-state index in [4.69, 9.17) is 32.7 Å². The van der Waals surface area contributed by atoms with E-state index < -0.39 is 0 Å². The number of nitrogens with one attached hydrogen (secondary N) is 1. The minimum atomic E-state index is 0.357. The molecule has 6 heteroatoms. The summed E-state index contributed by atoms with van der Waals surface area (Å²) in [6, 6.07) is 15.9. The maximum Gasteiger partial charge on any atom is 0.175 e. The number of hydrogen-bond acceptors (Lipinski definition) is 3. The fourth-order valence-corrected chi connectivity index (χ4v) is 3.89. The Morgan fingerprint density at radius 1 is 0.867 bits per heavy atom. The quantitative estimate of drug-likeness (QED) is 0.334. The highest BCUT2D eigenvalue weighted by Gasteiger charge is 2.13. The van der Waals surface area contributed by atoms with Crippen LogP contribution in [0.25, 0.3) is 0 Å². The van der Waals surface area contributed by atoms with Crippen molar-refractivity contribution in [3.63, 3.8) is 0 Å². The van der Waals surface area contributed by atoms with Crippen LogP contribution in [-0.2, 0) is 13.2 Å². The van der Waals surface area contributed by atoms with Crippen molar-refractivity contribution in [2.24, 2.45) is 0 Å². The van der Waals surface area contributed by atoms with Crippen LogP contribution in [0, 0.1) is 13.8 Å². The zero-order valence-corrected chi connectivity index (χ0v) is 20.3. The molecule has 0 saturated heterocycles. The molecule has 3 nitrogen and oxygen atoms in total. The molecule has 158 valence electrons. The smallest absolute Gasteiger partial charge is 0.175 e. The molecular formula is C24H24BrCl2NO2. The predicted molar refractivity (Wildman–Crippen MR) is 129 cm³/mol. The minimum Gasteiger partial charge on any atom is -0.490 e. The molecule has 3 rings (SSSR count). The summed E-state index contributed by atoms with van der Waals surface area (Å²) in [5.41, 5.74) is 5.66. The van der Waals surface area contributed by atoms with Gasteiger partial charge in [0.05, 0.1) is 21.1 Å². The van der Waals surface area contributed by atoms with Crippen LogP contribution in [0.3, 0.4) is 0 Å². The van der Waals surface area contributed by atoms with Crippen molar-refractivity contribution in [3.8, 4) is 11.5 Å². The van der Waals surface area contributed by atoms with Crippen molar-refractivity contribution in [2.45, 2.75) is 33.9 Å². The number of hydrogen-bond donors (Lipinski definition) is 1. The lowest BCUT2D eigenvalue weighted by Crippen LogP contribution is -2.04. The van der Waals surface area contributed by atoms with Crippen molar-refractivity contribution >= 4 is 44.8 Å². The molecule has 1 N–H and O–H groups in total. The van der Waals surface area contributed by atoms with Gasteiger partial charge in [0.15, 0.2) is 11.5 Å². The van der Waals surface area contributed by atoms with E-state index in [0.29, 0.717) is 41.3 Å². The number of benzene rings is 3. The first-order chi connectivity index (χ1) is 14.4. The van der Waals surface area contributed by atoms with Crippen molar-refractivity contribution < 1.29 is 9.47 Å². The van der Waals surface area contributed by atoms with E-state index in [1.54, 1.807) is 12.1 Å². The van der Waals surface area contributed by atoms with Crippen LogP contribution in [0.4, 0.5) is 5.69 Å². The number of rotatable bonds is 8. The number of ether oxygens (including phenoxy) is 2. The first-order valence-corrected chi connectivity index (χ1v) is 11.3. The summed E-state index contributed by atoms with van der Waals surface area (Å²) in [7, 11) is 0. The maximum absolute atomic E-state index is 6.10. The lowest BCUT2D eigenvalue weighted by molar-refractivity contribution is 0.267. The summed E-state index contributed by atoms with van der Waals surface area (Å²) in [6.07, 6.45) is 0. The largest absolute Gasteiger partial charge is 0.490 e. The standard InChI is InChI=1S/C24H24BrCl2NO2/c1-4-29-23-12-18(13-28-19-7-5-15(2)16(3)9-19)10-20(25)24(23)30-14-17-6-8-21(26)22(27)11-17/h5-12,28H,4,13-14H2,1-3H3. The van der Waals surface area contributed by atoms with Gasteiger partial charge in [0, 0.05) is 12.2 Å².